The molecule has 0 aromatic rings. The van der Waals surface area contributed by atoms with Crippen molar-refractivity contribution in [2.45, 2.75) is 19.3 Å². The fraction of sp³-hybridized carbons (Fsp3) is 0.875. The van der Waals surface area contributed by atoms with Crippen molar-refractivity contribution in [1.82, 2.24) is 4.90 Å². The van der Waals surface area contributed by atoms with Crippen LogP contribution in [0.2, 0.25) is 0 Å². The first-order valence-corrected chi connectivity index (χ1v) is 4.18. The van der Waals surface area contributed by atoms with E-state index in [2.05, 4.69) is 0 Å². The molecule has 0 atom stereocenters. The predicted octanol–water partition coefficient (Wildman–Crippen LogP) is -0.400. The Morgan fingerprint density at radius 1 is 1.25 bits per heavy atom. The minimum absolute atomic E-state index is 0.0255. The Hall–Kier alpha value is -0.610. The number of hydrogen-bond donors (Lipinski definition) is 2. The van der Waals surface area contributed by atoms with Crippen LogP contribution in [0.15, 0.2) is 0 Å². The highest BCUT2D eigenvalue weighted by molar-refractivity contribution is 5.75. The van der Waals surface area contributed by atoms with Crippen molar-refractivity contribution in [2.75, 3.05) is 26.8 Å². The molecule has 12 heavy (non-hydrogen) atoms. The fourth-order valence-electron chi connectivity index (χ4n) is 0.854. The van der Waals surface area contributed by atoms with Crippen LogP contribution in [0.25, 0.3) is 0 Å². The third-order valence-corrected chi connectivity index (χ3v) is 1.63. The second-order valence-corrected chi connectivity index (χ2v) is 2.72. The quantitative estimate of drug-likeness (QED) is 0.577. The van der Waals surface area contributed by atoms with Gasteiger partial charge in [0.15, 0.2) is 0 Å². The number of aliphatic hydroxyl groups is 2. The third-order valence-electron chi connectivity index (χ3n) is 1.63. The van der Waals surface area contributed by atoms with Gasteiger partial charge in [-0.25, -0.2) is 0 Å². The topological polar surface area (TPSA) is 60.8 Å². The molecular formula is C8H17NO3. The molecule has 0 aliphatic carbocycles. The van der Waals surface area contributed by atoms with Gasteiger partial charge >= 0.3 is 0 Å². The minimum atomic E-state index is 0.0255. The molecule has 0 aromatic heterocycles. The van der Waals surface area contributed by atoms with Gasteiger partial charge in [-0.2, -0.15) is 0 Å². The number of carbonyl (C=O) groups is 1. The van der Waals surface area contributed by atoms with Crippen LogP contribution < -0.4 is 0 Å². The Kier molecular flexibility index (Phi) is 6.70. The van der Waals surface area contributed by atoms with Crippen molar-refractivity contribution in [3.63, 3.8) is 0 Å². The van der Waals surface area contributed by atoms with Crippen molar-refractivity contribution in [3.8, 4) is 0 Å². The largest absolute Gasteiger partial charge is 0.396 e. The Balaban J connectivity index is 3.47. The zero-order chi connectivity index (χ0) is 9.40. The first-order chi connectivity index (χ1) is 5.72. The van der Waals surface area contributed by atoms with Gasteiger partial charge < -0.3 is 15.1 Å². The van der Waals surface area contributed by atoms with Gasteiger partial charge in [0.05, 0.1) is 0 Å². The molecule has 0 aromatic carbocycles. The maximum Gasteiger partial charge on any atom is 0.222 e. The van der Waals surface area contributed by atoms with E-state index < -0.39 is 0 Å². The SMILES string of the molecule is CN(CCCO)C(=O)CCCO. The van der Waals surface area contributed by atoms with E-state index >= 15 is 0 Å². The van der Waals surface area contributed by atoms with Crippen LogP contribution in [0.4, 0.5) is 0 Å². The van der Waals surface area contributed by atoms with Gasteiger partial charge in [-0.3, -0.25) is 4.79 Å². The Morgan fingerprint density at radius 2 is 1.83 bits per heavy atom. The molecule has 4 heteroatoms. The lowest BCUT2D eigenvalue weighted by molar-refractivity contribution is -0.130. The van der Waals surface area contributed by atoms with E-state index in [1.807, 2.05) is 0 Å². The second-order valence-electron chi connectivity index (χ2n) is 2.72. The lowest BCUT2D eigenvalue weighted by atomic mass is 10.3. The van der Waals surface area contributed by atoms with Crippen LogP contribution in [-0.4, -0.2) is 47.8 Å². The molecule has 0 rings (SSSR count). The molecule has 0 bridgehead atoms. The van der Waals surface area contributed by atoms with Crippen LogP contribution in [0, 0.1) is 0 Å². The monoisotopic (exact) mass is 175 g/mol. The van der Waals surface area contributed by atoms with Crippen LogP contribution in [0.3, 0.4) is 0 Å². The smallest absolute Gasteiger partial charge is 0.222 e. The number of rotatable bonds is 6. The summed E-state index contributed by atoms with van der Waals surface area (Å²) in [4.78, 5) is 12.7. The van der Waals surface area contributed by atoms with E-state index in [-0.39, 0.29) is 19.1 Å². The molecule has 0 saturated carbocycles. The molecule has 0 aliphatic heterocycles. The summed E-state index contributed by atoms with van der Waals surface area (Å²) in [5.41, 5.74) is 0. The van der Waals surface area contributed by atoms with E-state index in [4.69, 9.17) is 10.2 Å². The molecule has 0 unspecified atom stereocenters. The number of amides is 1. The summed E-state index contributed by atoms with van der Waals surface area (Å²) < 4.78 is 0. The maximum atomic E-state index is 11.1. The summed E-state index contributed by atoms with van der Waals surface area (Å²) in [6, 6.07) is 0. The standard InChI is InChI=1S/C8H17NO3/c1-9(5-3-7-11)8(12)4-2-6-10/h10-11H,2-7H2,1H3. The Morgan fingerprint density at radius 3 is 2.33 bits per heavy atom. The highest BCUT2D eigenvalue weighted by Crippen LogP contribution is 1.95. The average molecular weight is 175 g/mol. The third kappa shape index (κ3) is 5.09. The van der Waals surface area contributed by atoms with Crippen LogP contribution in [0.5, 0.6) is 0 Å². The molecule has 2 N–H and O–H groups in total. The molecule has 0 fully saturated rings. The summed E-state index contributed by atoms with van der Waals surface area (Å²) in [6.45, 7) is 0.748. The predicted molar refractivity (Wildman–Crippen MR) is 45.7 cm³/mol. The summed E-state index contributed by atoms with van der Waals surface area (Å²) >= 11 is 0. The molecule has 4 nitrogen and oxygen atoms in total. The van der Waals surface area contributed by atoms with E-state index in [1.165, 1.54) is 0 Å². The Bertz CT molecular complexity index is 127. The lowest BCUT2D eigenvalue weighted by Crippen LogP contribution is -2.28. The first kappa shape index (κ1) is 11.4. The molecule has 1 amide bonds. The van der Waals surface area contributed by atoms with E-state index in [1.54, 1.807) is 11.9 Å². The van der Waals surface area contributed by atoms with E-state index in [0.717, 1.165) is 0 Å². The molecule has 72 valence electrons. The maximum absolute atomic E-state index is 11.1. The summed E-state index contributed by atoms with van der Waals surface area (Å²) in [5.74, 6) is 0.0255. The molecular weight excluding hydrogens is 158 g/mol. The van der Waals surface area contributed by atoms with Gasteiger partial charge in [-0.1, -0.05) is 0 Å². The molecule has 0 heterocycles. The summed E-state index contributed by atoms with van der Waals surface area (Å²) in [5, 5.41) is 17.0. The highest BCUT2D eigenvalue weighted by Gasteiger charge is 2.06. The number of nitrogens with zero attached hydrogens (tertiary/aromatic N) is 1. The first-order valence-electron chi connectivity index (χ1n) is 4.18. The van der Waals surface area contributed by atoms with Gasteiger partial charge in [0, 0.05) is 33.2 Å². The summed E-state index contributed by atoms with van der Waals surface area (Å²) in [6.07, 6.45) is 1.52. The number of carbonyl (C=O) groups excluding carboxylic acids is 1. The van der Waals surface area contributed by atoms with Crippen molar-refractivity contribution < 1.29 is 15.0 Å². The Labute approximate surface area is 72.8 Å². The van der Waals surface area contributed by atoms with Gasteiger partial charge in [0.1, 0.15) is 0 Å². The minimum Gasteiger partial charge on any atom is -0.396 e. The molecule has 0 saturated heterocycles. The number of hydrogen-bond acceptors (Lipinski definition) is 3. The van der Waals surface area contributed by atoms with Gasteiger partial charge in [-0.05, 0) is 12.8 Å². The number of aliphatic hydroxyl groups excluding tert-OH is 2. The lowest BCUT2D eigenvalue weighted by Gasteiger charge is -2.15. The normalized spacial score (nSPS) is 9.92. The van der Waals surface area contributed by atoms with Crippen molar-refractivity contribution in [1.29, 1.82) is 0 Å². The van der Waals surface area contributed by atoms with Crippen LogP contribution in [0.1, 0.15) is 19.3 Å². The van der Waals surface area contributed by atoms with Crippen LogP contribution in [-0.2, 0) is 4.79 Å². The van der Waals surface area contributed by atoms with E-state index in [9.17, 15) is 4.79 Å². The van der Waals surface area contributed by atoms with Gasteiger partial charge in [-0.15, -0.1) is 0 Å². The van der Waals surface area contributed by atoms with Crippen molar-refractivity contribution >= 4 is 5.91 Å². The van der Waals surface area contributed by atoms with Gasteiger partial charge in [0.25, 0.3) is 0 Å². The van der Waals surface area contributed by atoms with Gasteiger partial charge in [0.2, 0.25) is 5.91 Å². The molecule has 0 spiro atoms. The zero-order valence-electron chi connectivity index (χ0n) is 7.49. The highest BCUT2D eigenvalue weighted by atomic mass is 16.3. The van der Waals surface area contributed by atoms with Crippen molar-refractivity contribution in [2.24, 2.45) is 0 Å². The van der Waals surface area contributed by atoms with E-state index in [0.29, 0.717) is 25.8 Å². The second kappa shape index (κ2) is 7.06. The zero-order valence-corrected chi connectivity index (χ0v) is 7.49. The average Bonchev–Trinajstić information content (AvgIpc) is 2.10. The fourth-order valence-corrected chi connectivity index (χ4v) is 0.854. The molecule has 0 radical (unpaired) electrons. The van der Waals surface area contributed by atoms with Crippen LogP contribution >= 0.6 is 0 Å². The summed E-state index contributed by atoms with van der Waals surface area (Å²) in [7, 11) is 1.70. The molecule has 0 aliphatic rings. The van der Waals surface area contributed by atoms with Crippen molar-refractivity contribution in [3.05, 3.63) is 0 Å².